The monoisotopic (exact) mass is 604 g/mol. The number of pyridine rings is 1. The number of hydrogen-bond donors (Lipinski definition) is 1. The fourth-order valence-electron chi connectivity index (χ4n) is 5.50. The van der Waals surface area contributed by atoms with Crippen molar-refractivity contribution in [1.82, 2.24) is 19.5 Å². The molecule has 2 amide bonds. The van der Waals surface area contributed by atoms with Crippen molar-refractivity contribution in [3.8, 4) is 11.5 Å². The minimum absolute atomic E-state index is 0.0291. The molecule has 2 fully saturated rings. The highest BCUT2D eigenvalue weighted by atomic mass is 32.2. The zero-order valence-corrected chi connectivity index (χ0v) is 24.6. The number of sulfonamides is 1. The molecule has 0 aliphatic carbocycles. The van der Waals surface area contributed by atoms with Crippen molar-refractivity contribution in [3.63, 3.8) is 0 Å². The molecule has 1 aromatic heterocycles. The van der Waals surface area contributed by atoms with Crippen molar-refractivity contribution >= 4 is 32.7 Å². The SMILES string of the molecule is CC(C)CC(NC(=O)c1ccc(Oc2ccccc2)cc1)C(=O)N1CCC2C1C(=O)CN2S(=O)(=O)C(=O)c1ccccn1. The molecular weight excluding hydrogens is 572 g/mol. The number of ketones is 1. The van der Waals surface area contributed by atoms with Crippen LogP contribution < -0.4 is 10.1 Å². The van der Waals surface area contributed by atoms with Gasteiger partial charge in [0.1, 0.15) is 29.3 Å². The number of nitrogens with one attached hydrogen (secondary N) is 1. The van der Waals surface area contributed by atoms with Gasteiger partial charge in [0, 0.05) is 18.3 Å². The average Bonchev–Trinajstić information content (AvgIpc) is 3.58. The maximum atomic E-state index is 13.8. The number of carbonyl (C=O) groups is 4. The summed E-state index contributed by atoms with van der Waals surface area (Å²) in [5.74, 6) is -0.189. The van der Waals surface area contributed by atoms with Crippen molar-refractivity contribution in [1.29, 1.82) is 0 Å². The van der Waals surface area contributed by atoms with E-state index in [1.54, 1.807) is 30.3 Å². The van der Waals surface area contributed by atoms with E-state index in [9.17, 15) is 27.6 Å². The number of likely N-dealkylation sites (tertiary alicyclic amines) is 1. The molecule has 2 saturated heterocycles. The van der Waals surface area contributed by atoms with E-state index >= 15 is 0 Å². The van der Waals surface area contributed by atoms with Crippen LogP contribution >= 0.6 is 0 Å². The lowest BCUT2D eigenvalue weighted by Gasteiger charge is -2.29. The predicted octanol–water partition coefficient (Wildman–Crippen LogP) is 3.04. The van der Waals surface area contributed by atoms with E-state index in [4.69, 9.17) is 4.74 Å². The quantitative estimate of drug-likeness (QED) is 0.393. The van der Waals surface area contributed by atoms with Crippen LogP contribution in [0.25, 0.3) is 0 Å². The minimum atomic E-state index is -4.55. The molecule has 0 bridgehead atoms. The van der Waals surface area contributed by atoms with Crippen LogP contribution in [-0.2, 0) is 19.6 Å². The lowest BCUT2D eigenvalue weighted by molar-refractivity contribution is -0.138. The molecule has 2 aliphatic rings. The van der Waals surface area contributed by atoms with Crippen LogP contribution in [0.5, 0.6) is 11.5 Å². The van der Waals surface area contributed by atoms with Gasteiger partial charge in [-0.1, -0.05) is 38.1 Å². The zero-order valence-electron chi connectivity index (χ0n) is 23.8. The maximum absolute atomic E-state index is 13.8. The maximum Gasteiger partial charge on any atom is 0.310 e. The Bertz CT molecular complexity index is 1610. The highest BCUT2D eigenvalue weighted by molar-refractivity contribution is 8.04. The Hall–Kier alpha value is -4.42. The van der Waals surface area contributed by atoms with E-state index in [1.165, 1.54) is 23.2 Å². The summed E-state index contributed by atoms with van der Waals surface area (Å²) in [4.78, 5) is 58.1. The molecule has 12 heteroatoms. The second-order valence-electron chi connectivity index (χ2n) is 10.9. The van der Waals surface area contributed by atoms with Gasteiger partial charge in [-0.2, -0.15) is 4.31 Å². The molecule has 3 aromatic rings. The summed E-state index contributed by atoms with van der Waals surface area (Å²) < 4.78 is 33.1. The number of para-hydroxylation sites is 1. The summed E-state index contributed by atoms with van der Waals surface area (Å²) in [7, 11) is -4.55. The van der Waals surface area contributed by atoms with Gasteiger partial charge >= 0.3 is 5.12 Å². The average molecular weight is 605 g/mol. The van der Waals surface area contributed by atoms with Gasteiger partial charge in [0.25, 0.3) is 15.9 Å². The topological polar surface area (TPSA) is 143 Å². The molecule has 3 atom stereocenters. The third kappa shape index (κ3) is 6.35. The highest BCUT2D eigenvalue weighted by Crippen LogP contribution is 2.33. The van der Waals surface area contributed by atoms with E-state index in [1.807, 2.05) is 44.2 Å². The number of fused-ring (bicyclic) bond motifs is 1. The Kier molecular flexibility index (Phi) is 8.69. The van der Waals surface area contributed by atoms with Crippen LogP contribution in [0.3, 0.4) is 0 Å². The van der Waals surface area contributed by atoms with Crippen LogP contribution in [0.2, 0.25) is 0 Å². The van der Waals surface area contributed by atoms with Crippen LogP contribution in [0.15, 0.2) is 79.0 Å². The molecule has 3 unspecified atom stereocenters. The second kappa shape index (κ2) is 12.4. The summed E-state index contributed by atoms with van der Waals surface area (Å²) in [6.45, 7) is 3.42. The van der Waals surface area contributed by atoms with Crippen molar-refractivity contribution in [2.45, 2.75) is 44.8 Å². The predicted molar refractivity (Wildman–Crippen MR) is 157 cm³/mol. The molecule has 2 aliphatic heterocycles. The van der Waals surface area contributed by atoms with E-state index < -0.39 is 57.4 Å². The number of rotatable bonds is 9. The van der Waals surface area contributed by atoms with Crippen molar-refractivity contribution in [2.24, 2.45) is 5.92 Å². The van der Waals surface area contributed by atoms with Crippen molar-refractivity contribution in [3.05, 3.63) is 90.3 Å². The van der Waals surface area contributed by atoms with E-state index in [0.29, 0.717) is 23.5 Å². The Morgan fingerprint density at radius 1 is 0.977 bits per heavy atom. The van der Waals surface area contributed by atoms with Crippen LogP contribution in [0.1, 0.15) is 47.5 Å². The summed E-state index contributed by atoms with van der Waals surface area (Å²) in [5, 5.41) is 1.61. The van der Waals surface area contributed by atoms with Crippen molar-refractivity contribution < 1.29 is 32.3 Å². The van der Waals surface area contributed by atoms with Crippen molar-refractivity contribution in [2.75, 3.05) is 13.1 Å². The van der Waals surface area contributed by atoms with Crippen LogP contribution in [0, 0.1) is 5.92 Å². The second-order valence-corrected chi connectivity index (χ2v) is 12.7. The van der Waals surface area contributed by atoms with Gasteiger partial charge < -0.3 is 15.0 Å². The molecule has 3 heterocycles. The molecule has 1 N–H and O–H groups in total. The first kappa shape index (κ1) is 30.1. The standard InChI is InChI=1S/C31H32N4O7S/c1-20(2)18-25(33-29(37)21-11-13-23(14-12-21)42-22-8-4-3-5-9-22)30(38)34-17-15-26-28(34)27(36)19-35(26)43(40,41)31(39)24-10-6-7-16-32-24/h3-14,16,20,25-26,28H,15,17-19H2,1-2H3,(H,33,37). The number of aromatic nitrogens is 1. The Morgan fingerprint density at radius 3 is 2.30 bits per heavy atom. The summed E-state index contributed by atoms with van der Waals surface area (Å²) in [5.41, 5.74) is 0.0761. The molecule has 0 radical (unpaired) electrons. The zero-order chi connectivity index (χ0) is 30.7. The van der Waals surface area contributed by atoms with Gasteiger partial charge in [-0.05, 0) is 67.3 Å². The highest BCUT2D eigenvalue weighted by Gasteiger charge is 2.55. The minimum Gasteiger partial charge on any atom is -0.457 e. The van der Waals surface area contributed by atoms with Gasteiger partial charge in [0.2, 0.25) is 5.91 Å². The van der Waals surface area contributed by atoms with Crippen LogP contribution in [0.4, 0.5) is 0 Å². The van der Waals surface area contributed by atoms with Gasteiger partial charge in [0.05, 0.1) is 12.6 Å². The Balaban J connectivity index is 1.29. The number of carbonyl (C=O) groups excluding carboxylic acids is 4. The third-order valence-corrected chi connectivity index (χ3v) is 9.18. The normalized spacial score (nSPS) is 19.2. The van der Waals surface area contributed by atoms with E-state index in [-0.39, 0.29) is 24.6 Å². The fourth-order valence-corrected chi connectivity index (χ4v) is 6.97. The first-order valence-corrected chi connectivity index (χ1v) is 15.4. The largest absolute Gasteiger partial charge is 0.457 e. The number of hydrogen-bond acceptors (Lipinski definition) is 8. The van der Waals surface area contributed by atoms with E-state index in [2.05, 4.69) is 10.3 Å². The molecule has 5 rings (SSSR count). The first-order chi connectivity index (χ1) is 20.6. The lowest BCUT2D eigenvalue weighted by atomic mass is 10.0. The Labute approximate surface area is 249 Å². The number of amides is 2. The number of Topliss-reactive ketones (excluding diaryl/α,β-unsaturated/α-hetero) is 1. The number of ether oxygens (including phenoxy) is 1. The third-order valence-electron chi connectivity index (χ3n) is 7.48. The van der Waals surface area contributed by atoms with Gasteiger partial charge in [-0.15, -0.1) is 0 Å². The smallest absolute Gasteiger partial charge is 0.310 e. The van der Waals surface area contributed by atoms with Gasteiger partial charge in [-0.25, -0.2) is 8.42 Å². The molecule has 2 aromatic carbocycles. The first-order valence-electron chi connectivity index (χ1n) is 14.0. The molecule has 224 valence electrons. The summed E-state index contributed by atoms with van der Waals surface area (Å²) in [6.07, 6.45) is 1.80. The van der Waals surface area contributed by atoms with Crippen LogP contribution in [-0.4, -0.2) is 76.5 Å². The fraction of sp³-hybridized carbons (Fsp3) is 0.323. The molecular formula is C31H32N4O7S. The summed E-state index contributed by atoms with van der Waals surface area (Å²) in [6, 6.07) is 17.2. The van der Waals surface area contributed by atoms with E-state index in [0.717, 1.165) is 4.31 Å². The number of benzene rings is 2. The lowest BCUT2D eigenvalue weighted by Crippen LogP contribution is -2.53. The van der Waals surface area contributed by atoms with Gasteiger partial charge in [0.15, 0.2) is 5.78 Å². The molecule has 43 heavy (non-hydrogen) atoms. The molecule has 0 spiro atoms. The molecule has 11 nitrogen and oxygen atoms in total. The molecule has 0 saturated carbocycles. The number of nitrogens with zero attached hydrogens (tertiary/aromatic N) is 3. The Morgan fingerprint density at radius 2 is 1.65 bits per heavy atom. The van der Waals surface area contributed by atoms with Gasteiger partial charge in [-0.3, -0.25) is 24.2 Å². The summed E-state index contributed by atoms with van der Waals surface area (Å²) >= 11 is 0.